The molecule has 3 nitrogen and oxygen atoms in total. The van der Waals surface area contributed by atoms with E-state index in [4.69, 9.17) is 11.6 Å². The lowest BCUT2D eigenvalue weighted by molar-refractivity contribution is -0.130. The van der Waals surface area contributed by atoms with Crippen LogP contribution < -0.4 is 5.32 Å². The molecule has 21 heavy (non-hydrogen) atoms. The molecule has 1 aromatic rings. The van der Waals surface area contributed by atoms with Gasteiger partial charge in [-0.1, -0.05) is 42.0 Å². The van der Waals surface area contributed by atoms with Crippen LogP contribution in [0.5, 0.6) is 0 Å². The number of rotatable bonds is 5. The Bertz CT molecular complexity index is 548. The van der Waals surface area contributed by atoms with Crippen LogP contribution in [-0.4, -0.2) is 31.4 Å². The summed E-state index contributed by atoms with van der Waals surface area (Å²) in [6.07, 6.45) is 8.57. The molecular weight excluding hydrogens is 284 g/mol. The van der Waals surface area contributed by atoms with Crippen LogP contribution in [0.25, 0.3) is 0 Å². The highest BCUT2D eigenvalue weighted by Gasteiger charge is 2.24. The summed E-state index contributed by atoms with van der Waals surface area (Å²) in [6, 6.07) is 7.64. The van der Waals surface area contributed by atoms with Crippen molar-refractivity contribution in [2.45, 2.75) is 18.9 Å². The van der Waals surface area contributed by atoms with Crippen molar-refractivity contribution in [2.75, 3.05) is 20.6 Å². The van der Waals surface area contributed by atoms with E-state index in [1.54, 1.807) is 11.9 Å². The smallest absolute Gasteiger partial charge is 0.237 e. The molecule has 0 aromatic heterocycles. The van der Waals surface area contributed by atoms with Crippen LogP contribution in [0.3, 0.4) is 0 Å². The molecule has 1 unspecified atom stereocenters. The summed E-state index contributed by atoms with van der Waals surface area (Å²) in [5.41, 5.74) is 2.24. The highest BCUT2D eigenvalue weighted by Crippen LogP contribution is 2.31. The first kappa shape index (κ1) is 15.8. The van der Waals surface area contributed by atoms with Crippen molar-refractivity contribution in [3.63, 3.8) is 0 Å². The number of carbonyl (C=O) groups excluding carboxylic acids is 1. The molecule has 2 rings (SSSR count). The summed E-state index contributed by atoms with van der Waals surface area (Å²) < 4.78 is 0. The van der Waals surface area contributed by atoms with Gasteiger partial charge in [0.2, 0.25) is 5.91 Å². The van der Waals surface area contributed by atoms with E-state index < -0.39 is 0 Å². The molecule has 0 bridgehead atoms. The van der Waals surface area contributed by atoms with Crippen LogP contribution in [-0.2, 0) is 4.79 Å². The number of likely N-dealkylation sites (N-methyl/N-ethyl adjacent to an activating group) is 2. The van der Waals surface area contributed by atoms with Crippen LogP contribution in [0.15, 0.2) is 48.1 Å². The standard InChI is InChI=1S/C17H21ClN2O/c1-19-12-16(21)20(2)17(13-6-4-3-5-7-13)14-8-10-15(18)11-9-14/h4,6-11,17,19H,3,5,12H2,1-2H3. The van der Waals surface area contributed by atoms with Gasteiger partial charge < -0.3 is 10.2 Å². The normalized spacial score (nSPS) is 15.5. The Kier molecular flexibility index (Phi) is 5.59. The summed E-state index contributed by atoms with van der Waals surface area (Å²) in [4.78, 5) is 14.0. The number of benzene rings is 1. The van der Waals surface area contributed by atoms with Gasteiger partial charge in [-0.15, -0.1) is 0 Å². The molecule has 0 heterocycles. The Morgan fingerprint density at radius 2 is 2.05 bits per heavy atom. The predicted octanol–water partition coefficient (Wildman–Crippen LogP) is 3.34. The predicted molar refractivity (Wildman–Crippen MR) is 87.3 cm³/mol. The SMILES string of the molecule is CNCC(=O)N(C)C(C1=CCCC=C1)c1ccc(Cl)cc1. The van der Waals surface area contributed by atoms with E-state index >= 15 is 0 Å². The van der Waals surface area contributed by atoms with Gasteiger partial charge in [0.05, 0.1) is 12.6 Å². The van der Waals surface area contributed by atoms with Crippen LogP contribution in [0.2, 0.25) is 5.02 Å². The zero-order chi connectivity index (χ0) is 15.2. The number of amides is 1. The molecule has 1 N–H and O–H groups in total. The number of halogens is 1. The third-order valence-electron chi connectivity index (χ3n) is 3.63. The lowest BCUT2D eigenvalue weighted by atomic mass is 9.93. The van der Waals surface area contributed by atoms with Gasteiger partial charge in [0.15, 0.2) is 0 Å². The maximum atomic E-state index is 12.3. The molecule has 0 aliphatic heterocycles. The highest BCUT2D eigenvalue weighted by atomic mass is 35.5. The van der Waals surface area contributed by atoms with Crippen LogP contribution in [0, 0.1) is 0 Å². The average molecular weight is 305 g/mol. The molecule has 1 amide bonds. The maximum absolute atomic E-state index is 12.3. The molecular formula is C17H21ClN2O. The third kappa shape index (κ3) is 3.96. The van der Waals surface area contributed by atoms with E-state index in [0.29, 0.717) is 11.6 Å². The van der Waals surface area contributed by atoms with E-state index in [9.17, 15) is 4.79 Å². The summed E-state index contributed by atoms with van der Waals surface area (Å²) in [5.74, 6) is 0.0670. The summed E-state index contributed by atoms with van der Waals surface area (Å²) >= 11 is 5.97. The van der Waals surface area contributed by atoms with Crippen LogP contribution in [0.4, 0.5) is 0 Å². The second-order valence-corrected chi connectivity index (χ2v) is 5.61. The Balaban J connectivity index is 2.34. The Hall–Kier alpha value is -1.58. The van der Waals surface area contributed by atoms with Gasteiger partial charge >= 0.3 is 0 Å². The molecule has 1 atom stereocenters. The molecule has 1 aliphatic rings. The quantitative estimate of drug-likeness (QED) is 0.905. The van der Waals surface area contributed by atoms with Crippen molar-refractivity contribution < 1.29 is 4.79 Å². The minimum Gasteiger partial charge on any atom is -0.334 e. The van der Waals surface area contributed by atoms with E-state index in [1.165, 1.54) is 0 Å². The largest absolute Gasteiger partial charge is 0.334 e. The summed E-state index contributed by atoms with van der Waals surface area (Å²) in [6.45, 7) is 0.331. The van der Waals surface area contributed by atoms with Gasteiger partial charge in [0.1, 0.15) is 0 Å². The van der Waals surface area contributed by atoms with Crippen LogP contribution >= 0.6 is 11.6 Å². The zero-order valence-electron chi connectivity index (χ0n) is 12.5. The number of carbonyl (C=O) groups is 1. The van der Waals surface area contributed by atoms with Crippen molar-refractivity contribution in [1.29, 1.82) is 0 Å². The Labute approximate surface area is 131 Å². The number of hydrogen-bond donors (Lipinski definition) is 1. The molecule has 0 spiro atoms. The number of nitrogens with zero attached hydrogens (tertiary/aromatic N) is 1. The minimum atomic E-state index is -0.0698. The number of nitrogens with one attached hydrogen (secondary N) is 1. The molecule has 0 radical (unpaired) electrons. The molecule has 1 aliphatic carbocycles. The molecule has 0 saturated heterocycles. The lowest BCUT2D eigenvalue weighted by Crippen LogP contribution is -2.37. The van der Waals surface area contributed by atoms with Gasteiger partial charge in [-0.3, -0.25) is 4.79 Å². The average Bonchev–Trinajstić information content (AvgIpc) is 2.50. The van der Waals surface area contributed by atoms with Crippen molar-refractivity contribution >= 4 is 17.5 Å². The van der Waals surface area contributed by atoms with Crippen molar-refractivity contribution in [3.8, 4) is 0 Å². The first-order valence-corrected chi connectivity index (χ1v) is 7.53. The van der Waals surface area contributed by atoms with Gasteiger partial charge in [-0.2, -0.15) is 0 Å². The van der Waals surface area contributed by atoms with Gasteiger partial charge in [0, 0.05) is 12.1 Å². The molecule has 1 aromatic carbocycles. The number of allylic oxidation sites excluding steroid dienone is 2. The Morgan fingerprint density at radius 1 is 1.33 bits per heavy atom. The fourth-order valence-electron chi connectivity index (χ4n) is 2.54. The van der Waals surface area contributed by atoms with Crippen LogP contribution in [0.1, 0.15) is 24.4 Å². The first-order chi connectivity index (χ1) is 10.1. The van der Waals surface area contributed by atoms with Crippen molar-refractivity contribution in [2.24, 2.45) is 0 Å². The highest BCUT2D eigenvalue weighted by molar-refractivity contribution is 6.30. The van der Waals surface area contributed by atoms with Crippen molar-refractivity contribution in [1.82, 2.24) is 10.2 Å². The summed E-state index contributed by atoms with van der Waals surface area (Å²) in [5, 5.41) is 3.62. The van der Waals surface area contributed by atoms with E-state index in [-0.39, 0.29) is 11.9 Å². The fraction of sp³-hybridized carbons (Fsp3) is 0.353. The lowest BCUT2D eigenvalue weighted by Gasteiger charge is -2.31. The van der Waals surface area contributed by atoms with Gasteiger partial charge in [0.25, 0.3) is 0 Å². The minimum absolute atomic E-state index is 0.0670. The topological polar surface area (TPSA) is 32.3 Å². The third-order valence-corrected chi connectivity index (χ3v) is 3.89. The second-order valence-electron chi connectivity index (χ2n) is 5.17. The zero-order valence-corrected chi connectivity index (χ0v) is 13.2. The van der Waals surface area contributed by atoms with Crippen molar-refractivity contribution in [3.05, 3.63) is 58.7 Å². The monoisotopic (exact) mass is 304 g/mol. The fourth-order valence-corrected chi connectivity index (χ4v) is 2.67. The maximum Gasteiger partial charge on any atom is 0.237 e. The Morgan fingerprint density at radius 3 is 2.62 bits per heavy atom. The molecule has 4 heteroatoms. The first-order valence-electron chi connectivity index (χ1n) is 7.16. The summed E-state index contributed by atoms with van der Waals surface area (Å²) in [7, 11) is 3.63. The van der Waals surface area contributed by atoms with Gasteiger partial charge in [-0.25, -0.2) is 0 Å². The molecule has 0 fully saturated rings. The number of hydrogen-bond acceptors (Lipinski definition) is 2. The molecule has 0 saturated carbocycles. The molecule has 112 valence electrons. The van der Waals surface area contributed by atoms with E-state index in [1.807, 2.05) is 31.3 Å². The van der Waals surface area contributed by atoms with Gasteiger partial charge in [-0.05, 0) is 43.2 Å². The second kappa shape index (κ2) is 7.43. The van der Waals surface area contributed by atoms with E-state index in [0.717, 1.165) is 24.0 Å². The van der Waals surface area contributed by atoms with E-state index in [2.05, 4.69) is 23.5 Å².